The Labute approximate surface area is 149 Å². The van der Waals surface area contributed by atoms with Crippen molar-refractivity contribution in [3.63, 3.8) is 0 Å². The zero-order valence-electron chi connectivity index (χ0n) is 14.3. The Morgan fingerprint density at radius 1 is 1.12 bits per heavy atom. The van der Waals surface area contributed by atoms with Crippen molar-refractivity contribution in [2.75, 3.05) is 5.32 Å². The van der Waals surface area contributed by atoms with Gasteiger partial charge in [0.05, 0.1) is 11.8 Å². The van der Waals surface area contributed by atoms with Crippen LogP contribution in [0.25, 0.3) is 22.6 Å². The van der Waals surface area contributed by atoms with E-state index in [-0.39, 0.29) is 11.7 Å². The molecule has 0 saturated heterocycles. The molecule has 0 radical (unpaired) electrons. The van der Waals surface area contributed by atoms with Gasteiger partial charge in [0.25, 0.3) is 5.91 Å². The Morgan fingerprint density at radius 2 is 1.92 bits per heavy atom. The summed E-state index contributed by atoms with van der Waals surface area (Å²) < 4.78 is 12.7. The topological polar surface area (TPSA) is 86.1 Å². The molecule has 1 amide bonds. The molecule has 0 unspecified atom stereocenters. The van der Waals surface area contributed by atoms with Crippen LogP contribution in [0.5, 0.6) is 0 Å². The van der Waals surface area contributed by atoms with Gasteiger partial charge in [0.1, 0.15) is 17.1 Å². The van der Waals surface area contributed by atoms with E-state index in [9.17, 15) is 4.79 Å². The smallest absolute Gasteiger partial charge is 0.291 e. The summed E-state index contributed by atoms with van der Waals surface area (Å²) in [6.07, 6.45) is 3.50. The lowest BCUT2D eigenvalue weighted by Crippen LogP contribution is -2.11. The van der Waals surface area contributed by atoms with Gasteiger partial charge < -0.3 is 14.3 Å². The first kappa shape index (κ1) is 15.9. The summed E-state index contributed by atoms with van der Waals surface area (Å²) in [7, 11) is 1.82. The standard InChI is InChI=1S/C19H16N4O3/c1-12-17(18(26-22-12)13-6-4-3-5-7-13)21-19(24)16-9-8-15(25-16)14-10-20-23(2)11-14/h3-11H,1-2H3,(H,21,24). The molecule has 7 nitrogen and oxygen atoms in total. The summed E-state index contributed by atoms with van der Waals surface area (Å²) in [5.41, 5.74) is 2.76. The number of nitrogens with one attached hydrogen (secondary N) is 1. The molecule has 0 aliphatic heterocycles. The van der Waals surface area contributed by atoms with Crippen molar-refractivity contribution in [1.82, 2.24) is 14.9 Å². The fourth-order valence-corrected chi connectivity index (χ4v) is 2.64. The van der Waals surface area contributed by atoms with E-state index in [1.807, 2.05) is 43.6 Å². The van der Waals surface area contributed by atoms with E-state index in [0.717, 1.165) is 11.1 Å². The summed E-state index contributed by atoms with van der Waals surface area (Å²) >= 11 is 0. The van der Waals surface area contributed by atoms with Crippen LogP contribution in [-0.4, -0.2) is 20.8 Å². The highest BCUT2D eigenvalue weighted by molar-refractivity contribution is 6.04. The van der Waals surface area contributed by atoms with Gasteiger partial charge in [-0.15, -0.1) is 0 Å². The lowest BCUT2D eigenvalue weighted by molar-refractivity contribution is 0.0997. The number of hydrogen-bond donors (Lipinski definition) is 1. The summed E-state index contributed by atoms with van der Waals surface area (Å²) in [4.78, 5) is 12.6. The van der Waals surface area contributed by atoms with Crippen molar-refractivity contribution in [3.05, 3.63) is 66.3 Å². The van der Waals surface area contributed by atoms with Crippen LogP contribution in [0.15, 0.2) is 63.8 Å². The highest BCUT2D eigenvalue weighted by Crippen LogP contribution is 2.31. The van der Waals surface area contributed by atoms with Crippen LogP contribution in [0.3, 0.4) is 0 Å². The van der Waals surface area contributed by atoms with Gasteiger partial charge in [-0.2, -0.15) is 5.10 Å². The summed E-state index contributed by atoms with van der Waals surface area (Å²) in [6.45, 7) is 1.77. The fraction of sp³-hybridized carbons (Fsp3) is 0.105. The molecule has 0 aliphatic carbocycles. The number of rotatable bonds is 4. The third kappa shape index (κ3) is 2.90. The molecule has 0 atom stereocenters. The predicted molar refractivity (Wildman–Crippen MR) is 95.5 cm³/mol. The lowest BCUT2D eigenvalue weighted by Gasteiger charge is -2.04. The van der Waals surface area contributed by atoms with Crippen LogP contribution in [-0.2, 0) is 7.05 Å². The molecule has 130 valence electrons. The van der Waals surface area contributed by atoms with Crippen LogP contribution in [0, 0.1) is 6.92 Å². The molecule has 0 bridgehead atoms. The van der Waals surface area contributed by atoms with E-state index in [1.165, 1.54) is 0 Å². The van der Waals surface area contributed by atoms with Gasteiger partial charge in [-0.1, -0.05) is 35.5 Å². The Morgan fingerprint density at radius 3 is 2.65 bits per heavy atom. The van der Waals surface area contributed by atoms with Crippen molar-refractivity contribution in [3.8, 4) is 22.6 Å². The fourth-order valence-electron chi connectivity index (χ4n) is 2.64. The Bertz CT molecular complexity index is 1060. The molecule has 1 aromatic carbocycles. The highest BCUT2D eigenvalue weighted by Gasteiger charge is 2.20. The molecule has 0 aliphatic rings. The lowest BCUT2D eigenvalue weighted by atomic mass is 10.1. The number of anilines is 1. The summed E-state index contributed by atoms with van der Waals surface area (Å²) in [5.74, 6) is 0.913. The molecule has 0 fully saturated rings. The molecule has 7 heteroatoms. The van der Waals surface area contributed by atoms with Gasteiger partial charge >= 0.3 is 0 Å². The molecule has 0 saturated carbocycles. The van der Waals surface area contributed by atoms with Crippen molar-refractivity contribution in [2.45, 2.75) is 6.92 Å². The number of nitrogens with zero attached hydrogens (tertiary/aromatic N) is 3. The molecular weight excluding hydrogens is 332 g/mol. The molecule has 4 rings (SSSR count). The van der Waals surface area contributed by atoms with Crippen molar-refractivity contribution in [1.29, 1.82) is 0 Å². The number of carbonyl (C=O) groups is 1. The van der Waals surface area contributed by atoms with Gasteiger partial charge in [0, 0.05) is 18.8 Å². The predicted octanol–water partition coefficient (Wildman–Crippen LogP) is 3.90. The van der Waals surface area contributed by atoms with Crippen LogP contribution < -0.4 is 5.32 Å². The van der Waals surface area contributed by atoms with Crippen LogP contribution >= 0.6 is 0 Å². The first-order valence-corrected chi connectivity index (χ1v) is 8.04. The van der Waals surface area contributed by atoms with Crippen LogP contribution in [0.2, 0.25) is 0 Å². The molecule has 3 heterocycles. The molecule has 3 aromatic heterocycles. The first-order valence-electron chi connectivity index (χ1n) is 8.04. The normalized spacial score (nSPS) is 10.8. The average Bonchev–Trinajstić information content (AvgIpc) is 3.37. The molecular formula is C19H16N4O3. The number of aromatic nitrogens is 3. The van der Waals surface area contributed by atoms with Crippen LogP contribution in [0.1, 0.15) is 16.2 Å². The number of amides is 1. The largest absolute Gasteiger partial charge is 0.451 e. The quantitative estimate of drug-likeness (QED) is 0.604. The minimum absolute atomic E-state index is 0.198. The van der Waals surface area contributed by atoms with E-state index in [1.54, 1.807) is 29.9 Å². The van der Waals surface area contributed by atoms with Gasteiger partial charge in [0.2, 0.25) is 0 Å². The van der Waals surface area contributed by atoms with Gasteiger partial charge in [0.15, 0.2) is 11.5 Å². The second-order valence-corrected chi connectivity index (χ2v) is 5.86. The zero-order chi connectivity index (χ0) is 18.1. The van der Waals surface area contributed by atoms with Gasteiger partial charge in [-0.25, -0.2) is 0 Å². The maximum atomic E-state index is 12.6. The Balaban J connectivity index is 1.60. The minimum atomic E-state index is -0.372. The number of furan rings is 1. The molecule has 4 aromatic rings. The van der Waals surface area contributed by atoms with Crippen molar-refractivity contribution < 1.29 is 13.7 Å². The van der Waals surface area contributed by atoms with E-state index in [0.29, 0.717) is 22.9 Å². The number of carbonyl (C=O) groups excluding carboxylic acids is 1. The van der Waals surface area contributed by atoms with Gasteiger partial charge in [-0.3, -0.25) is 9.48 Å². The van der Waals surface area contributed by atoms with E-state index < -0.39 is 0 Å². The third-order valence-electron chi connectivity index (χ3n) is 3.96. The Hall–Kier alpha value is -3.61. The average molecular weight is 348 g/mol. The van der Waals surface area contributed by atoms with Crippen LogP contribution in [0.4, 0.5) is 5.69 Å². The molecule has 0 spiro atoms. The monoisotopic (exact) mass is 348 g/mol. The van der Waals surface area contributed by atoms with Crippen molar-refractivity contribution >= 4 is 11.6 Å². The number of aryl methyl sites for hydroxylation is 2. The highest BCUT2D eigenvalue weighted by atomic mass is 16.5. The maximum absolute atomic E-state index is 12.6. The first-order chi connectivity index (χ1) is 12.6. The number of benzene rings is 1. The second-order valence-electron chi connectivity index (χ2n) is 5.86. The van der Waals surface area contributed by atoms with E-state index in [2.05, 4.69) is 15.6 Å². The summed E-state index contributed by atoms with van der Waals surface area (Å²) in [6, 6.07) is 12.9. The third-order valence-corrected chi connectivity index (χ3v) is 3.96. The second kappa shape index (κ2) is 6.36. The molecule has 1 N–H and O–H groups in total. The van der Waals surface area contributed by atoms with E-state index in [4.69, 9.17) is 8.94 Å². The Kier molecular flexibility index (Phi) is 3.89. The minimum Gasteiger partial charge on any atom is -0.451 e. The molecule has 26 heavy (non-hydrogen) atoms. The maximum Gasteiger partial charge on any atom is 0.291 e. The number of hydrogen-bond acceptors (Lipinski definition) is 5. The zero-order valence-corrected chi connectivity index (χ0v) is 14.3. The van der Waals surface area contributed by atoms with Crippen molar-refractivity contribution in [2.24, 2.45) is 7.05 Å². The SMILES string of the molecule is Cc1noc(-c2ccccc2)c1NC(=O)c1ccc(-c2cnn(C)c2)o1. The van der Waals surface area contributed by atoms with E-state index >= 15 is 0 Å². The summed E-state index contributed by atoms with van der Waals surface area (Å²) in [5, 5.41) is 10.9. The van der Waals surface area contributed by atoms with Gasteiger partial charge in [-0.05, 0) is 19.1 Å².